The van der Waals surface area contributed by atoms with Crippen molar-refractivity contribution in [2.45, 2.75) is 25.3 Å². The molecule has 2 heterocycles. The third-order valence-corrected chi connectivity index (χ3v) is 3.44. The van der Waals surface area contributed by atoms with E-state index < -0.39 is 0 Å². The Hall–Kier alpha value is -0.830. The largest absolute Gasteiger partial charge is 0.329 e. The fourth-order valence-electron chi connectivity index (χ4n) is 1.96. The Morgan fingerprint density at radius 2 is 2.14 bits per heavy atom. The van der Waals surface area contributed by atoms with Gasteiger partial charge in [0.1, 0.15) is 10.3 Å². The lowest BCUT2D eigenvalue weighted by Gasteiger charge is -2.27. The molecule has 3 heteroatoms. The van der Waals surface area contributed by atoms with Crippen LogP contribution in [0.2, 0.25) is 0 Å². The standard InChI is InChI=1S/C11H11BrN2/c12-10-5-4-8-6-7-14(11(8)13-10)9-2-1-3-9/h4-7,9H,1-3H2. The molecule has 2 nitrogen and oxygen atoms in total. The van der Waals surface area contributed by atoms with Gasteiger partial charge in [-0.3, -0.25) is 0 Å². The molecule has 1 fully saturated rings. The van der Waals surface area contributed by atoms with Crippen molar-refractivity contribution >= 4 is 27.0 Å². The number of rotatable bonds is 1. The van der Waals surface area contributed by atoms with E-state index >= 15 is 0 Å². The summed E-state index contributed by atoms with van der Waals surface area (Å²) in [6.07, 6.45) is 6.13. The molecule has 14 heavy (non-hydrogen) atoms. The fourth-order valence-corrected chi connectivity index (χ4v) is 2.26. The molecule has 2 aromatic heterocycles. The first-order valence-electron chi connectivity index (χ1n) is 4.98. The van der Waals surface area contributed by atoms with Crippen molar-refractivity contribution in [1.82, 2.24) is 9.55 Å². The van der Waals surface area contributed by atoms with Gasteiger partial charge in [0.05, 0.1) is 0 Å². The van der Waals surface area contributed by atoms with Crippen molar-refractivity contribution < 1.29 is 0 Å². The quantitative estimate of drug-likeness (QED) is 0.709. The summed E-state index contributed by atoms with van der Waals surface area (Å²) in [6.45, 7) is 0. The van der Waals surface area contributed by atoms with Gasteiger partial charge in [-0.05, 0) is 53.4 Å². The summed E-state index contributed by atoms with van der Waals surface area (Å²) in [5, 5.41) is 1.24. The zero-order valence-corrected chi connectivity index (χ0v) is 9.37. The van der Waals surface area contributed by atoms with Crippen LogP contribution in [0.5, 0.6) is 0 Å². The van der Waals surface area contributed by atoms with Crippen LogP contribution < -0.4 is 0 Å². The van der Waals surface area contributed by atoms with Crippen molar-refractivity contribution in [3.8, 4) is 0 Å². The van der Waals surface area contributed by atoms with E-state index in [4.69, 9.17) is 0 Å². The number of hydrogen-bond acceptors (Lipinski definition) is 1. The number of aromatic nitrogens is 2. The van der Waals surface area contributed by atoms with Crippen LogP contribution in [0.25, 0.3) is 11.0 Å². The van der Waals surface area contributed by atoms with Crippen LogP contribution in [-0.2, 0) is 0 Å². The molecule has 0 amide bonds. The Morgan fingerprint density at radius 3 is 2.86 bits per heavy atom. The van der Waals surface area contributed by atoms with E-state index in [0.717, 1.165) is 10.3 Å². The average Bonchev–Trinajstić information content (AvgIpc) is 2.46. The monoisotopic (exact) mass is 250 g/mol. The van der Waals surface area contributed by atoms with Crippen LogP contribution in [0.1, 0.15) is 25.3 Å². The lowest BCUT2D eigenvalue weighted by atomic mass is 9.93. The van der Waals surface area contributed by atoms with Crippen LogP contribution >= 0.6 is 15.9 Å². The second-order valence-corrected chi connectivity index (χ2v) is 4.67. The highest BCUT2D eigenvalue weighted by Gasteiger charge is 2.20. The third-order valence-electron chi connectivity index (χ3n) is 3.00. The highest BCUT2D eigenvalue weighted by Crippen LogP contribution is 2.34. The highest BCUT2D eigenvalue weighted by atomic mass is 79.9. The summed E-state index contributed by atoms with van der Waals surface area (Å²) in [5.41, 5.74) is 1.11. The smallest absolute Gasteiger partial charge is 0.141 e. The summed E-state index contributed by atoms with van der Waals surface area (Å²) in [6, 6.07) is 6.94. The van der Waals surface area contributed by atoms with Gasteiger partial charge in [-0.15, -0.1) is 0 Å². The van der Waals surface area contributed by atoms with Gasteiger partial charge in [0.2, 0.25) is 0 Å². The van der Waals surface area contributed by atoms with E-state index in [1.807, 2.05) is 6.07 Å². The topological polar surface area (TPSA) is 17.8 Å². The van der Waals surface area contributed by atoms with E-state index in [1.165, 1.54) is 24.6 Å². The third kappa shape index (κ3) is 1.19. The van der Waals surface area contributed by atoms with Gasteiger partial charge in [-0.2, -0.15) is 0 Å². The Bertz CT molecular complexity index is 471. The molecule has 0 radical (unpaired) electrons. The van der Waals surface area contributed by atoms with Crippen LogP contribution in [0, 0.1) is 0 Å². The van der Waals surface area contributed by atoms with Gasteiger partial charge in [0.25, 0.3) is 0 Å². The molecule has 1 saturated carbocycles. The first-order valence-corrected chi connectivity index (χ1v) is 5.77. The maximum Gasteiger partial charge on any atom is 0.141 e. The Labute approximate surface area is 91.1 Å². The minimum absolute atomic E-state index is 0.689. The molecule has 3 rings (SSSR count). The molecule has 0 N–H and O–H groups in total. The molecule has 0 atom stereocenters. The summed E-state index contributed by atoms with van der Waals surface area (Å²) in [7, 11) is 0. The van der Waals surface area contributed by atoms with E-state index in [1.54, 1.807) is 0 Å². The van der Waals surface area contributed by atoms with Crippen molar-refractivity contribution in [1.29, 1.82) is 0 Å². The van der Waals surface area contributed by atoms with Crippen molar-refractivity contribution in [3.05, 3.63) is 29.0 Å². The molecular weight excluding hydrogens is 240 g/mol. The molecular formula is C11H11BrN2. The highest BCUT2D eigenvalue weighted by molar-refractivity contribution is 9.10. The Kier molecular flexibility index (Phi) is 1.87. The second kappa shape index (κ2) is 3.09. The zero-order valence-electron chi connectivity index (χ0n) is 7.78. The molecule has 0 saturated heterocycles. The molecule has 1 aliphatic carbocycles. The number of pyridine rings is 1. The molecule has 2 aromatic rings. The Balaban J connectivity index is 2.18. The normalized spacial score (nSPS) is 17.2. The van der Waals surface area contributed by atoms with Crippen LogP contribution in [0.3, 0.4) is 0 Å². The molecule has 1 aliphatic rings. The molecule has 0 bridgehead atoms. The van der Waals surface area contributed by atoms with Crippen LogP contribution in [-0.4, -0.2) is 9.55 Å². The lowest BCUT2D eigenvalue weighted by Crippen LogP contribution is -2.16. The summed E-state index contributed by atoms with van der Waals surface area (Å²) < 4.78 is 3.23. The van der Waals surface area contributed by atoms with Gasteiger partial charge in [0.15, 0.2) is 0 Å². The molecule has 0 aromatic carbocycles. The maximum atomic E-state index is 4.52. The minimum atomic E-state index is 0.689. The SMILES string of the molecule is Brc1ccc2ccn(C3CCC3)c2n1. The number of halogens is 1. The summed E-state index contributed by atoms with van der Waals surface area (Å²) in [5.74, 6) is 0. The van der Waals surface area contributed by atoms with Gasteiger partial charge in [-0.25, -0.2) is 4.98 Å². The fraction of sp³-hybridized carbons (Fsp3) is 0.364. The summed E-state index contributed by atoms with van der Waals surface area (Å²) in [4.78, 5) is 4.52. The van der Waals surface area contributed by atoms with Gasteiger partial charge in [0, 0.05) is 17.6 Å². The van der Waals surface area contributed by atoms with Crippen molar-refractivity contribution in [2.24, 2.45) is 0 Å². The first-order chi connectivity index (χ1) is 6.84. The zero-order chi connectivity index (χ0) is 9.54. The average molecular weight is 251 g/mol. The molecule has 72 valence electrons. The van der Waals surface area contributed by atoms with E-state index in [9.17, 15) is 0 Å². The van der Waals surface area contributed by atoms with Crippen LogP contribution in [0.4, 0.5) is 0 Å². The van der Waals surface area contributed by atoms with Crippen LogP contribution in [0.15, 0.2) is 29.0 Å². The Morgan fingerprint density at radius 1 is 1.29 bits per heavy atom. The predicted molar refractivity (Wildman–Crippen MR) is 60.3 cm³/mol. The number of fused-ring (bicyclic) bond motifs is 1. The summed E-state index contributed by atoms with van der Waals surface area (Å²) >= 11 is 3.42. The second-order valence-electron chi connectivity index (χ2n) is 3.85. The molecule has 0 unspecified atom stereocenters. The van der Waals surface area contributed by atoms with Gasteiger partial charge >= 0.3 is 0 Å². The van der Waals surface area contributed by atoms with Crippen molar-refractivity contribution in [2.75, 3.05) is 0 Å². The van der Waals surface area contributed by atoms with E-state index in [2.05, 4.69) is 43.8 Å². The minimum Gasteiger partial charge on any atom is -0.329 e. The number of nitrogens with zero attached hydrogens (tertiary/aromatic N) is 2. The predicted octanol–water partition coefficient (Wildman–Crippen LogP) is 3.52. The van der Waals surface area contributed by atoms with E-state index in [-0.39, 0.29) is 0 Å². The van der Waals surface area contributed by atoms with E-state index in [0.29, 0.717) is 6.04 Å². The van der Waals surface area contributed by atoms with Gasteiger partial charge in [-0.1, -0.05) is 0 Å². The lowest BCUT2D eigenvalue weighted by molar-refractivity contribution is 0.320. The first kappa shape index (κ1) is 8.48. The number of hydrogen-bond donors (Lipinski definition) is 0. The van der Waals surface area contributed by atoms with Crippen molar-refractivity contribution in [3.63, 3.8) is 0 Å². The van der Waals surface area contributed by atoms with Gasteiger partial charge < -0.3 is 4.57 Å². The maximum absolute atomic E-state index is 4.52. The molecule has 0 spiro atoms. The molecule has 0 aliphatic heterocycles.